The van der Waals surface area contributed by atoms with Crippen molar-refractivity contribution in [1.29, 1.82) is 0 Å². The maximum atomic E-state index is 6.24. The number of aromatic nitrogens is 2. The first kappa shape index (κ1) is 12.1. The highest BCUT2D eigenvalue weighted by molar-refractivity contribution is 7.17. The molecule has 0 aliphatic carbocycles. The van der Waals surface area contributed by atoms with E-state index in [9.17, 15) is 0 Å². The van der Waals surface area contributed by atoms with E-state index in [2.05, 4.69) is 16.0 Å². The first-order chi connectivity index (χ1) is 9.24. The molecular weight excluding hydrogens is 256 g/mol. The summed E-state index contributed by atoms with van der Waals surface area (Å²) >= 11 is 1.67. The van der Waals surface area contributed by atoms with Crippen LogP contribution in [0.25, 0.3) is 10.2 Å². The van der Waals surface area contributed by atoms with Gasteiger partial charge in [0, 0.05) is 18.4 Å². The predicted octanol–water partition coefficient (Wildman–Crippen LogP) is 2.52. The fourth-order valence-electron chi connectivity index (χ4n) is 2.04. The topological polar surface area (TPSA) is 77.8 Å². The van der Waals surface area contributed by atoms with Crippen LogP contribution in [0.2, 0.25) is 0 Å². The van der Waals surface area contributed by atoms with Crippen molar-refractivity contribution in [3.05, 3.63) is 53.2 Å². The highest BCUT2D eigenvalue weighted by atomic mass is 32.1. The van der Waals surface area contributed by atoms with Crippen molar-refractivity contribution >= 4 is 27.4 Å². The summed E-state index contributed by atoms with van der Waals surface area (Å²) in [6.45, 7) is 0. The summed E-state index contributed by atoms with van der Waals surface area (Å²) in [6.07, 6.45) is 4.19. The van der Waals surface area contributed by atoms with Crippen LogP contribution in [0.5, 0.6) is 0 Å². The Labute approximate surface area is 115 Å². The first-order valence-electron chi connectivity index (χ1n) is 6.02. The minimum atomic E-state index is -0.120. The van der Waals surface area contributed by atoms with Crippen molar-refractivity contribution in [3.8, 4) is 0 Å². The van der Waals surface area contributed by atoms with Crippen LogP contribution >= 0.6 is 11.3 Å². The van der Waals surface area contributed by atoms with Gasteiger partial charge in [-0.2, -0.15) is 0 Å². The third-order valence-electron chi connectivity index (χ3n) is 3.12. The standard InChI is InChI=1S/C14H14N4S/c15-11(6-9-2-1-4-17-14(9)16)10-7-13-12(18-8-10)3-5-19-13/h1-5,7-8,11H,6,15H2,(H2,16,17). The number of fused-ring (bicyclic) bond motifs is 1. The fraction of sp³-hybridized carbons (Fsp3) is 0.143. The lowest BCUT2D eigenvalue weighted by molar-refractivity contribution is 0.719. The molecule has 1 atom stereocenters. The zero-order chi connectivity index (χ0) is 13.2. The summed E-state index contributed by atoms with van der Waals surface area (Å²) < 4.78 is 1.16. The molecule has 0 saturated heterocycles. The van der Waals surface area contributed by atoms with Crippen molar-refractivity contribution in [2.45, 2.75) is 12.5 Å². The molecule has 0 saturated carbocycles. The van der Waals surface area contributed by atoms with Gasteiger partial charge in [-0.25, -0.2) is 4.98 Å². The smallest absolute Gasteiger partial charge is 0.126 e. The molecule has 0 spiro atoms. The second-order valence-corrected chi connectivity index (χ2v) is 5.38. The second kappa shape index (κ2) is 4.95. The number of nitrogen functional groups attached to an aromatic ring is 1. The van der Waals surface area contributed by atoms with Crippen molar-refractivity contribution in [2.75, 3.05) is 5.73 Å². The molecule has 1 unspecified atom stereocenters. The molecule has 3 heterocycles. The third kappa shape index (κ3) is 2.43. The largest absolute Gasteiger partial charge is 0.383 e. The normalized spacial score (nSPS) is 12.7. The SMILES string of the molecule is Nc1ncccc1CC(N)c1cnc2ccsc2c1. The Morgan fingerprint density at radius 1 is 1.26 bits per heavy atom. The summed E-state index contributed by atoms with van der Waals surface area (Å²) in [5.74, 6) is 0.545. The highest BCUT2D eigenvalue weighted by Crippen LogP contribution is 2.24. The molecule has 3 aromatic rings. The van der Waals surface area contributed by atoms with E-state index in [1.54, 1.807) is 17.5 Å². The predicted molar refractivity (Wildman–Crippen MR) is 78.9 cm³/mol. The molecule has 0 aromatic carbocycles. The van der Waals surface area contributed by atoms with E-state index in [-0.39, 0.29) is 6.04 Å². The lowest BCUT2D eigenvalue weighted by Gasteiger charge is -2.12. The van der Waals surface area contributed by atoms with E-state index < -0.39 is 0 Å². The molecule has 19 heavy (non-hydrogen) atoms. The van der Waals surface area contributed by atoms with Crippen LogP contribution in [0.3, 0.4) is 0 Å². The number of nitrogens with two attached hydrogens (primary N) is 2. The molecule has 0 radical (unpaired) electrons. The number of nitrogens with zero attached hydrogens (tertiary/aromatic N) is 2. The van der Waals surface area contributed by atoms with Gasteiger partial charge in [0.15, 0.2) is 0 Å². The fourth-order valence-corrected chi connectivity index (χ4v) is 2.83. The van der Waals surface area contributed by atoms with Crippen LogP contribution < -0.4 is 11.5 Å². The molecule has 96 valence electrons. The minimum absolute atomic E-state index is 0.120. The Morgan fingerprint density at radius 3 is 3.00 bits per heavy atom. The number of hydrogen-bond donors (Lipinski definition) is 2. The number of hydrogen-bond acceptors (Lipinski definition) is 5. The van der Waals surface area contributed by atoms with Gasteiger partial charge in [0.05, 0.1) is 10.2 Å². The Kier molecular flexibility index (Phi) is 3.15. The molecular formula is C14H14N4S. The molecule has 0 aliphatic rings. The summed E-state index contributed by atoms with van der Waals surface area (Å²) in [6, 6.07) is 7.82. The number of rotatable bonds is 3. The van der Waals surface area contributed by atoms with Gasteiger partial charge < -0.3 is 11.5 Å². The zero-order valence-corrected chi connectivity index (χ0v) is 11.1. The van der Waals surface area contributed by atoms with Gasteiger partial charge in [-0.3, -0.25) is 4.98 Å². The maximum absolute atomic E-state index is 6.24. The van der Waals surface area contributed by atoms with E-state index in [1.807, 2.05) is 29.8 Å². The van der Waals surface area contributed by atoms with Crippen LogP contribution in [0.15, 0.2) is 42.0 Å². The Morgan fingerprint density at radius 2 is 2.16 bits per heavy atom. The van der Waals surface area contributed by atoms with Crippen LogP contribution in [0.4, 0.5) is 5.82 Å². The van der Waals surface area contributed by atoms with Crippen LogP contribution in [-0.2, 0) is 6.42 Å². The monoisotopic (exact) mass is 270 g/mol. The number of anilines is 1. The molecule has 0 amide bonds. The first-order valence-corrected chi connectivity index (χ1v) is 6.90. The zero-order valence-electron chi connectivity index (χ0n) is 10.3. The highest BCUT2D eigenvalue weighted by Gasteiger charge is 2.11. The van der Waals surface area contributed by atoms with E-state index >= 15 is 0 Å². The van der Waals surface area contributed by atoms with E-state index in [0.717, 1.165) is 21.3 Å². The van der Waals surface area contributed by atoms with Crippen molar-refractivity contribution < 1.29 is 0 Å². The Balaban J connectivity index is 1.87. The molecule has 0 bridgehead atoms. The van der Waals surface area contributed by atoms with Crippen molar-refractivity contribution in [3.63, 3.8) is 0 Å². The molecule has 3 aromatic heterocycles. The van der Waals surface area contributed by atoms with E-state index in [1.165, 1.54) is 0 Å². The molecule has 0 fully saturated rings. The van der Waals surface area contributed by atoms with Gasteiger partial charge in [-0.05, 0) is 41.1 Å². The van der Waals surface area contributed by atoms with Crippen LogP contribution in [0, 0.1) is 0 Å². The Hall–Kier alpha value is -1.98. The van der Waals surface area contributed by atoms with Crippen molar-refractivity contribution in [1.82, 2.24) is 9.97 Å². The lowest BCUT2D eigenvalue weighted by atomic mass is 10.0. The molecule has 0 aliphatic heterocycles. The summed E-state index contributed by atoms with van der Waals surface area (Å²) in [7, 11) is 0. The van der Waals surface area contributed by atoms with Gasteiger partial charge in [0.1, 0.15) is 5.82 Å². The maximum Gasteiger partial charge on any atom is 0.126 e. The average Bonchev–Trinajstić information content (AvgIpc) is 2.88. The summed E-state index contributed by atoms with van der Waals surface area (Å²) in [5.41, 5.74) is 15.1. The summed E-state index contributed by atoms with van der Waals surface area (Å²) in [5, 5.41) is 2.03. The van der Waals surface area contributed by atoms with Gasteiger partial charge in [-0.15, -0.1) is 11.3 Å². The average molecular weight is 270 g/mol. The molecule has 4 nitrogen and oxygen atoms in total. The molecule has 3 rings (SSSR count). The van der Waals surface area contributed by atoms with E-state index in [4.69, 9.17) is 11.5 Å². The van der Waals surface area contributed by atoms with Crippen LogP contribution in [-0.4, -0.2) is 9.97 Å². The molecule has 4 N–H and O–H groups in total. The van der Waals surface area contributed by atoms with Gasteiger partial charge >= 0.3 is 0 Å². The summed E-state index contributed by atoms with van der Waals surface area (Å²) in [4.78, 5) is 8.49. The van der Waals surface area contributed by atoms with Crippen molar-refractivity contribution in [2.24, 2.45) is 5.73 Å². The van der Waals surface area contributed by atoms with Crippen LogP contribution in [0.1, 0.15) is 17.2 Å². The minimum Gasteiger partial charge on any atom is -0.383 e. The third-order valence-corrected chi connectivity index (χ3v) is 3.97. The van der Waals surface area contributed by atoms with Gasteiger partial charge in [0.2, 0.25) is 0 Å². The number of pyridine rings is 2. The Bertz CT molecular complexity index is 707. The van der Waals surface area contributed by atoms with Gasteiger partial charge in [-0.1, -0.05) is 6.07 Å². The van der Waals surface area contributed by atoms with E-state index in [0.29, 0.717) is 12.2 Å². The quantitative estimate of drug-likeness (QED) is 0.766. The second-order valence-electron chi connectivity index (χ2n) is 4.43. The molecule has 5 heteroatoms. The lowest BCUT2D eigenvalue weighted by Crippen LogP contribution is -2.14. The number of thiophene rings is 1. The van der Waals surface area contributed by atoms with Gasteiger partial charge in [0.25, 0.3) is 0 Å².